The van der Waals surface area contributed by atoms with Crippen molar-refractivity contribution >= 4 is 10.9 Å². The summed E-state index contributed by atoms with van der Waals surface area (Å²) >= 11 is 0. The molecule has 96 valence electrons. The first-order chi connectivity index (χ1) is 8.65. The van der Waals surface area contributed by atoms with E-state index in [2.05, 4.69) is 42.1 Å². The van der Waals surface area contributed by atoms with Gasteiger partial charge in [-0.15, -0.1) is 0 Å². The van der Waals surface area contributed by atoms with Crippen molar-refractivity contribution in [3.05, 3.63) is 30.0 Å². The summed E-state index contributed by atoms with van der Waals surface area (Å²) in [6, 6.07) is 8.50. The quantitative estimate of drug-likeness (QED) is 0.879. The van der Waals surface area contributed by atoms with E-state index in [9.17, 15) is 0 Å². The van der Waals surface area contributed by atoms with Crippen LogP contribution in [0.15, 0.2) is 24.3 Å². The van der Waals surface area contributed by atoms with Crippen LogP contribution in [0.4, 0.5) is 0 Å². The summed E-state index contributed by atoms with van der Waals surface area (Å²) in [4.78, 5) is 0. The van der Waals surface area contributed by atoms with Gasteiger partial charge < -0.3 is 14.6 Å². The van der Waals surface area contributed by atoms with E-state index in [1.54, 1.807) is 7.11 Å². The first-order valence-corrected chi connectivity index (χ1v) is 6.54. The van der Waals surface area contributed by atoms with Crippen LogP contribution in [-0.4, -0.2) is 18.2 Å². The third kappa shape index (κ3) is 1.54. The lowest BCUT2D eigenvalue weighted by Gasteiger charge is -2.25. The van der Waals surface area contributed by atoms with Gasteiger partial charge in [0, 0.05) is 18.1 Å². The molecule has 1 unspecified atom stereocenters. The van der Waals surface area contributed by atoms with Crippen molar-refractivity contribution in [3.8, 4) is 5.75 Å². The number of rotatable bonds is 2. The highest BCUT2D eigenvalue weighted by atomic mass is 16.5. The van der Waals surface area contributed by atoms with E-state index in [4.69, 9.17) is 4.74 Å². The van der Waals surface area contributed by atoms with Gasteiger partial charge in [-0.1, -0.05) is 6.07 Å². The van der Waals surface area contributed by atoms with Gasteiger partial charge in [-0.25, -0.2) is 0 Å². The molecule has 18 heavy (non-hydrogen) atoms. The number of hydrogen-bond donors (Lipinski definition) is 1. The second kappa shape index (κ2) is 4.02. The molecule has 1 atom stereocenters. The number of aryl methyl sites for hydroxylation is 1. The lowest BCUT2D eigenvalue weighted by molar-refractivity contribution is 0.410. The Kier molecular flexibility index (Phi) is 2.59. The molecule has 1 fully saturated rings. The van der Waals surface area contributed by atoms with Gasteiger partial charge in [0.05, 0.1) is 18.2 Å². The minimum atomic E-state index is 0.0960. The second-order valence-corrected chi connectivity index (χ2v) is 5.34. The van der Waals surface area contributed by atoms with E-state index in [-0.39, 0.29) is 5.54 Å². The molecule has 0 amide bonds. The van der Waals surface area contributed by atoms with Crippen LogP contribution in [0.25, 0.3) is 10.9 Å². The lowest BCUT2D eigenvalue weighted by Crippen LogP contribution is -2.34. The number of methoxy groups -OCH3 is 1. The fourth-order valence-corrected chi connectivity index (χ4v) is 3.15. The molecule has 0 radical (unpaired) electrons. The highest BCUT2D eigenvalue weighted by Crippen LogP contribution is 2.36. The van der Waals surface area contributed by atoms with Crippen LogP contribution in [0.3, 0.4) is 0 Å². The summed E-state index contributed by atoms with van der Waals surface area (Å²) in [6.07, 6.45) is 2.44. The second-order valence-electron chi connectivity index (χ2n) is 5.34. The molecule has 1 aliphatic rings. The van der Waals surface area contributed by atoms with Crippen molar-refractivity contribution in [1.82, 2.24) is 9.88 Å². The minimum Gasteiger partial charge on any atom is -0.496 e. The first-order valence-electron chi connectivity index (χ1n) is 6.54. The zero-order valence-electron chi connectivity index (χ0n) is 11.3. The number of nitrogens with one attached hydrogen (secondary N) is 1. The first kappa shape index (κ1) is 11.6. The van der Waals surface area contributed by atoms with Crippen molar-refractivity contribution in [2.24, 2.45) is 7.05 Å². The maximum absolute atomic E-state index is 5.46. The minimum absolute atomic E-state index is 0.0960. The number of fused-ring (bicyclic) bond motifs is 1. The molecule has 3 heteroatoms. The molecule has 1 saturated heterocycles. The van der Waals surface area contributed by atoms with Crippen molar-refractivity contribution in [2.45, 2.75) is 25.3 Å². The van der Waals surface area contributed by atoms with E-state index in [0.29, 0.717) is 0 Å². The predicted molar refractivity (Wildman–Crippen MR) is 74.1 cm³/mol. The maximum atomic E-state index is 5.46. The van der Waals surface area contributed by atoms with Crippen molar-refractivity contribution in [2.75, 3.05) is 13.7 Å². The SMILES string of the molecule is COc1cccc2c1cc(C1(C)CCCN1)n2C. The Morgan fingerprint density at radius 1 is 1.39 bits per heavy atom. The van der Waals surface area contributed by atoms with Crippen molar-refractivity contribution in [3.63, 3.8) is 0 Å². The zero-order chi connectivity index (χ0) is 12.8. The zero-order valence-corrected chi connectivity index (χ0v) is 11.3. The molecule has 0 saturated carbocycles. The topological polar surface area (TPSA) is 26.2 Å². The summed E-state index contributed by atoms with van der Waals surface area (Å²) in [5.74, 6) is 0.955. The highest BCUT2D eigenvalue weighted by Gasteiger charge is 2.33. The average molecular weight is 244 g/mol. The van der Waals surface area contributed by atoms with Crippen LogP contribution >= 0.6 is 0 Å². The third-order valence-electron chi connectivity index (χ3n) is 4.20. The van der Waals surface area contributed by atoms with Crippen LogP contribution in [0.5, 0.6) is 5.75 Å². The largest absolute Gasteiger partial charge is 0.496 e. The number of ether oxygens (including phenoxy) is 1. The monoisotopic (exact) mass is 244 g/mol. The Morgan fingerprint density at radius 2 is 2.22 bits per heavy atom. The molecule has 1 aromatic heterocycles. The van der Waals surface area contributed by atoms with Crippen LogP contribution in [0.2, 0.25) is 0 Å². The number of aromatic nitrogens is 1. The van der Waals surface area contributed by atoms with Crippen molar-refractivity contribution < 1.29 is 4.74 Å². The summed E-state index contributed by atoms with van der Waals surface area (Å²) in [5.41, 5.74) is 2.68. The smallest absolute Gasteiger partial charge is 0.128 e. The molecule has 1 N–H and O–H groups in total. The van der Waals surface area contributed by atoms with Crippen molar-refractivity contribution in [1.29, 1.82) is 0 Å². The summed E-state index contributed by atoms with van der Waals surface area (Å²) in [7, 11) is 3.87. The molecule has 0 spiro atoms. The average Bonchev–Trinajstić information content (AvgIpc) is 2.95. The Hall–Kier alpha value is -1.48. The van der Waals surface area contributed by atoms with Gasteiger partial charge in [0.15, 0.2) is 0 Å². The predicted octanol–water partition coefficient (Wildman–Crippen LogP) is 2.79. The molecule has 1 aromatic carbocycles. The van der Waals surface area contributed by atoms with E-state index in [1.165, 1.54) is 29.4 Å². The van der Waals surface area contributed by atoms with Gasteiger partial charge in [-0.3, -0.25) is 0 Å². The fraction of sp³-hybridized carbons (Fsp3) is 0.467. The Balaban J connectivity index is 2.22. The summed E-state index contributed by atoms with van der Waals surface area (Å²) in [5, 5.41) is 4.83. The number of benzene rings is 1. The molecule has 1 aliphatic heterocycles. The van der Waals surface area contributed by atoms with Crippen LogP contribution in [-0.2, 0) is 12.6 Å². The van der Waals surface area contributed by atoms with Gasteiger partial charge in [0.2, 0.25) is 0 Å². The summed E-state index contributed by atoms with van der Waals surface area (Å²) < 4.78 is 7.75. The molecule has 0 aliphatic carbocycles. The van der Waals surface area contributed by atoms with E-state index in [1.807, 2.05) is 6.07 Å². The maximum Gasteiger partial charge on any atom is 0.128 e. The van der Waals surface area contributed by atoms with Gasteiger partial charge in [-0.05, 0) is 44.5 Å². The van der Waals surface area contributed by atoms with Gasteiger partial charge in [0.25, 0.3) is 0 Å². The highest BCUT2D eigenvalue weighted by molar-refractivity contribution is 5.87. The third-order valence-corrected chi connectivity index (χ3v) is 4.20. The van der Waals surface area contributed by atoms with E-state index >= 15 is 0 Å². The normalized spacial score (nSPS) is 23.7. The van der Waals surface area contributed by atoms with E-state index < -0.39 is 0 Å². The Morgan fingerprint density at radius 3 is 2.89 bits per heavy atom. The number of hydrogen-bond acceptors (Lipinski definition) is 2. The molecule has 0 bridgehead atoms. The molecular weight excluding hydrogens is 224 g/mol. The van der Waals surface area contributed by atoms with Gasteiger partial charge >= 0.3 is 0 Å². The summed E-state index contributed by atoms with van der Waals surface area (Å²) in [6.45, 7) is 3.40. The Labute approximate surface area is 108 Å². The van der Waals surface area contributed by atoms with Crippen LogP contribution in [0.1, 0.15) is 25.5 Å². The molecule has 2 aromatic rings. The van der Waals surface area contributed by atoms with Gasteiger partial charge in [0.1, 0.15) is 5.75 Å². The Bertz CT molecular complexity index is 579. The van der Waals surface area contributed by atoms with E-state index in [0.717, 1.165) is 12.3 Å². The molecule has 3 rings (SSSR count). The molecular formula is C15H20N2O. The standard InChI is InChI=1S/C15H20N2O/c1-15(8-5-9-16-15)14-10-11-12(17(14)2)6-4-7-13(11)18-3/h4,6-7,10,16H,5,8-9H2,1-3H3. The van der Waals surface area contributed by atoms with Crippen LogP contribution < -0.4 is 10.1 Å². The number of nitrogens with zero attached hydrogens (tertiary/aromatic N) is 1. The fourth-order valence-electron chi connectivity index (χ4n) is 3.15. The van der Waals surface area contributed by atoms with Gasteiger partial charge in [-0.2, -0.15) is 0 Å². The van der Waals surface area contributed by atoms with Crippen LogP contribution in [0, 0.1) is 0 Å². The molecule has 3 nitrogen and oxygen atoms in total. The lowest BCUT2D eigenvalue weighted by atomic mass is 9.96. The molecule has 2 heterocycles.